The first-order valence-electron chi connectivity index (χ1n) is 13.1. The van der Waals surface area contributed by atoms with E-state index in [1.54, 1.807) is 12.1 Å². The van der Waals surface area contributed by atoms with Gasteiger partial charge in [0.25, 0.3) is 0 Å². The summed E-state index contributed by atoms with van der Waals surface area (Å²) in [5.41, 5.74) is -1.69. The van der Waals surface area contributed by atoms with Crippen molar-refractivity contribution in [3.63, 3.8) is 0 Å². The predicted octanol–water partition coefficient (Wildman–Crippen LogP) is 4.67. The molecule has 2 aromatic rings. The molecule has 0 radical (unpaired) electrons. The summed E-state index contributed by atoms with van der Waals surface area (Å²) in [5, 5.41) is 11.7. The van der Waals surface area contributed by atoms with Crippen molar-refractivity contribution in [2.24, 2.45) is 11.8 Å². The normalized spacial score (nSPS) is 28.9. The fraction of sp³-hybridized carbons (Fsp3) is 0.607. The minimum atomic E-state index is -1.69. The van der Waals surface area contributed by atoms with Crippen LogP contribution in [-0.4, -0.2) is 54.4 Å². The molecule has 3 aliphatic heterocycles. The molecule has 1 aliphatic carbocycles. The molecule has 0 amide bonds. The van der Waals surface area contributed by atoms with E-state index >= 15 is 0 Å². The molecule has 34 heavy (non-hydrogen) atoms. The fourth-order valence-corrected chi connectivity index (χ4v) is 6.49. The number of ether oxygens (including phenoxy) is 2. The van der Waals surface area contributed by atoms with Crippen molar-refractivity contribution in [3.05, 3.63) is 54.5 Å². The second-order valence-corrected chi connectivity index (χ2v) is 10.6. The number of fused-ring (bicyclic) bond motifs is 3. The Morgan fingerprint density at radius 2 is 1.79 bits per heavy atom. The predicted molar refractivity (Wildman–Crippen MR) is 128 cm³/mol. The molecule has 3 saturated heterocycles. The van der Waals surface area contributed by atoms with Crippen molar-refractivity contribution < 1.29 is 28.3 Å². The highest BCUT2D eigenvalue weighted by atomic mass is 16.6. The van der Waals surface area contributed by atoms with Crippen LogP contribution in [0.25, 0.3) is 0 Å². The Balaban J connectivity index is 1.22. The smallest absolute Gasteiger partial charge is 0.346 e. The molecular formula is C28H38NO5+. The number of nitrogens with zero attached hydrogens (tertiary/aromatic N) is 1. The van der Waals surface area contributed by atoms with Gasteiger partial charge >= 0.3 is 5.97 Å². The Kier molecular flexibility index (Phi) is 6.98. The number of carbonyl (C=O) groups excluding carboxylic acids is 1. The molecule has 2 atom stereocenters. The number of piperidine rings is 3. The lowest BCUT2D eigenvalue weighted by atomic mass is 9.75. The third-order valence-corrected chi connectivity index (χ3v) is 8.49. The Bertz CT molecular complexity index is 916. The molecule has 4 fully saturated rings. The van der Waals surface area contributed by atoms with E-state index in [9.17, 15) is 9.90 Å². The van der Waals surface area contributed by atoms with Crippen molar-refractivity contribution in [2.45, 2.75) is 63.1 Å². The Morgan fingerprint density at radius 3 is 2.50 bits per heavy atom. The SMILES string of the molecule is O=C(O[C@@H]1C[N+]2(CCCOc3ccccc3)CCC1CC2)[C@](O)(c1ccco1)C1CCCCC1. The average Bonchev–Trinajstić information content (AvgIpc) is 3.44. The van der Waals surface area contributed by atoms with Gasteiger partial charge in [-0.25, -0.2) is 4.79 Å². The van der Waals surface area contributed by atoms with Crippen LogP contribution in [0.5, 0.6) is 5.75 Å². The van der Waals surface area contributed by atoms with E-state index in [2.05, 4.69) is 0 Å². The highest BCUT2D eigenvalue weighted by Crippen LogP contribution is 2.42. The number of esters is 1. The van der Waals surface area contributed by atoms with Gasteiger partial charge in [0.15, 0.2) is 6.10 Å². The number of carbonyl (C=O) groups is 1. The van der Waals surface area contributed by atoms with Gasteiger partial charge in [0, 0.05) is 31.1 Å². The first-order chi connectivity index (χ1) is 16.6. The monoisotopic (exact) mass is 468 g/mol. The number of quaternary nitrogens is 1. The maximum Gasteiger partial charge on any atom is 0.346 e. The van der Waals surface area contributed by atoms with E-state index in [4.69, 9.17) is 13.9 Å². The molecular weight excluding hydrogens is 430 g/mol. The second-order valence-electron chi connectivity index (χ2n) is 10.6. The van der Waals surface area contributed by atoms with Crippen molar-refractivity contribution in [1.82, 2.24) is 0 Å². The van der Waals surface area contributed by atoms with Crippen LogP contribution in [0.3, 0.4) is 0 Å². The molecule has 6 nitrogen and oxygen atoms in total. The number of hydrogen-bond donors (Lipinski definition) is 1. The number of furan rings is 1. The lowest BCUT2D eigenvalue weighted by Gasteiger charge is -2.52. The topological polar surface area (TPSA) is 68.9 Å². The van der Waals surface area contributed by atoms with Crippen LogP contribution in [0.4, 0.5) is 0 Å². The molecule has 0 unspecified atom stereocenters. The molecule has 184 valence electrons. The summed E-state index contributed by atoms with van der Waals surface area (Å²) in [7, 11) is 0. The van der Waals surface area contributed by atoms with Crippen LogP contribution in [0, 0.1) is 11.8 Å². The molecule has 0 spiro atoms. The van der Waals surface area contributed by atoms with Crippen LogP contribution in [0.2, 0.25) is 0 Å². The van der Waals surface area contributed by atoms with E-state index in [1.807, 2.05) is 30.3 Å². The van der Waals surface area contributed by atoms with Gasteiger partial charge in [0.05, 0.1) is 32.5 Å². The van der Waals surface area contributed by atoms with E-state index < -0.39 is 11.6 Å². The summed E-state index contributed by atoms with van der Waals surface area (Å²) >= 11 is 0. The summed E-state index contributed by atoms with van der Waals surface area (Å²) in [4.78, 5) is 13.6. The molecule has 4 heterocycles. The molecule has 1 aromatic heterocycles. The zero-order valence-corrected chi connectivity index (χ0v) is 20.1. The minimum Gasteiger partial charge on any atom is -0.493 e. The van der Waals surface area contributed by atoms with Crippen molar-refractivity contribution in [2.75, 3.05) is 32.8 Å². The van der Waals surface area contributed by atoms with Gasteiger partial charge in [0.1, 0.15) is 18.1 Å². The number of rotatable bonds is 9. The maximum absolute atomic E-state index is 13.6. The summed E-state index contributed by atoms with van der Waals surface area (Å²) in [6.45, 7) is 4.82. The van der Waals surface area contributed by atoms with Crippen LogP contribution >= 0.6 is 0 Å². The quantitative estimate of drug-likeness (QED) is 0.329. The maximum atomic E-state index is 13.6. The van der Waals surface area contributed by atoms with Crippen molar-refractivity contribution >= 4 is 5.97 Å². The van der Waals surface area contributed by atoms with E-state index in [1.165, 1.54) is 6.26 Å². The van der Waals surface area contributed by atoms with Gasteiger partial charge in [-0.3, -0.25) is 0 Å². The molecule has 6 heteroatoms. The second kappa shape index (κ2) is 10.1. The van der Waals surface area contributed by atoms with Crippen LogP contribution in [-0.2, 0) is 15.1 Å². The first kappa shape index (κ1) is 23.4. The van der Waals surface area contributed by atoms with Gasteiger partial charge in [-0.1, -0.05) is 37.5 Å². The van der Waals surface area contributed by atoms with Gasteiger partial charge in [-0.2, -0.15) is 0 Å². The van der Waals surface area contributed by atoms with Gasteiger partial charge in [0.2, 0.25) is 5.60 Å². The van der Waals surface area contributed by atoms with E-state index in [-0.39, 0.29) is 12.0 Å². The standard InChI is InChI=1S/C28H38NO5/c30-27(28(31,26-13-7-19-33-26)23-9-3-1-4-10-23)34-25-21-29(17-14-22(25)15-18-29)16-8-20-32-24-11-5-2-6-12-24/h2,5-7,11-13,19,22-23,25,31H,1,3-4,8-10,14-18,20-21H2/q+1/t22?,25-,28-,29?/m1/s1. The third-order valence-electron chi connectivity index (χ3n) is 8.49. The number of aliphatic hydroxyl groups is 1. The lowest BCUT2D eigenvalue weighted by Crippen LogP contribution is -2.65. The Morgan fingerprint density at radius 1 is 1.03 bits per heavy atom. The molecule has 1 aromatic carbocycles. The zero-order valence-electron chi connectivity index (χ0n) is 20.1. The summed E-state index contributed by atoms with van der Waals surface area (Å²) in [5.74, 6) is 0.953. The molecule has 2 bridgehead atoms. The van der Waals surface area contributed by atoms with Crippen LogP contribution < -0.4 is 4.74 Å². The zero-order chi connectivity index (χ0) is 23.4. The third kappa shape index (κ3) is 4.76. The number of hydrogen-bond acceptors (Lipinski definition) is 5. The summed E-state index contributed by atoms with van der Waals surface area (Å²) in [6, 6.07) is 13.4. The highest BCUT2D eigenvalue weighted by Gasteiger charge is 2.53. The van der Waals surface area contributed by atoms with Gasteiger partial charge in [-0.15, -0.1) is 0 Å². The van der Waals surface area contributed by atoms with E-state index in [0.717, 1.165) is 87.8 Å². The van der Waals surface area contributed by atoms with Crippen molar-refractivity contribution in [1.29, 1.82) is 0 Å². The fourth-order valence-electron chi connectivity index (χ4n) is 6.49. The largest absolute Gasteiger partial charge is 0.493 e. The van der Waals surface area contributed by atoms with Crippen molar-refractivity contribution in [3.8, 4) is 5.75 Å². The van der Waals surface area contributed by atoms with Crippen LogP contribution in [0.15, 0.2) is 53.1 Å². The Labute approximate surface area is 202 Å². The molecule has 1 N–H and O–H groups in total. The van der Waals surface area contributed by atoms with Gasteiger partial charge < -0.3 is 23.5 Å². The summed E-state index contributed by atoms with van der Waals surface area (Å²) < 4.78 is 18.6. The number of benzene rings is 1. The molecule has 4 aliphatic rings. The number of para-hydroxylation sites is 1. The minimum absolute atomic E-state index is 0.143. The first-order valence-corrected chi connectivity index (χ1v) is 13.1. The molecule has 6 rings (SSSR count). The highest BCUT2D eigenvalue weighted by molar-refractivity contribution is 5.81. The summed E-state index contributed by atoms with van der Waals surface area (Å²) in [6.07, 6.45) is 9.34. The lowest BCUT2D eigenvalue weighted by molar-refractivity contribution is -0.946. The van der Waals surface area contributed by atoms with Crippen LogP contribution in [0.1, 0.15) is 57.1 Å². The molecule has 1 saturated carbocycles. The van der Waals surface area contributed by atoms with E-state index in [0.29, 0.717) is 18.3 Å². The average molecular weight is 469 g/mol. The Hall–Kier alpha value is -2.31. The van der Waals surface area contributed by atoms with Gasteiger partial charge in [-0.05, 0) is 37.1 Å².